The van der Waals surface area contributed by atoms with Gasteiger partial charge in [0.2, 0.25) is 0 Å². The lowest BCUT2D eigenvalue weighted by Gasteiger charge is -2.13. The quantitative estimate of drug-likeness (QED) is 0.909. The van der Waals surface area contributed by atoms with Crippen molar-refractivity contribution >= 4 is 17.6 Å². The van der Waals surface area contributed by atoms with Crippen molar-refractivity contribution in [2.24, 2.45) is 0 Å². The fraction of sp³-hybridized carbons (Fsp3) is 0.133. The molecule has 0 aromatic heterocycles. The molecule has 0 spiro atoms. The van der Waals surface area contributed by atoms with Gasteiger partial charge in [-0.2, -0.15) is 0 Å². The molecule has 0 radical (unpaired) electrons. The van der Waals surface area contributed by atoms with E-state index in [1.54, 1.807) is 24.3 Å². The Morgan fingerprint density at radius 2 is 1.67 bits per heavy atom. The Hall–Kier alpha value is -1.80. The summed E-state index contributed by atoms with van der Waals surface area (Å²) in [6, 6.07) is 16.6. The molecule has 0 saturated carbocycles. The standard InChI is InChI=1S/C15H13ClO2/c16-13-8-6-12(7-9-13)14(15(17)18)10-11-4-2-1-3-5-11/h1-9,14H,10H2,(H,17,18)/t14-/m1/s1. The van der Waals surface area contributed by atoms with Gasteiger partial charge >= 0.3 is 5.97 Å². The van der Waals surface area contributed by atoms with Crippen molar-refractivity contribution in [2.75, 3.05) is 0 Å². The lowest BCUT2D eigenvalue weighted by molar-refractivity contribution is -0.138. The third-order valence-electron chi connectivity index (χ3n) is 2.85. The predicted octanol–water partition coefficient (Wildman–Crippen LogP) is 3.75. The maximum Gasteiger partial charge on any atom is 0.311 e. The first kappa shape index (κ1) is 12.7. The van der Waals surface area contributed by atoms with Crippen LogP contribution in [0.15, 0.2) is 54.6 Å². The summed E-state index contributed by atoms with van der Waals surface area (Å²) in [6.07, 6.45) is 0.484. The largest absolute Gasteiger partial charge is 0.481 e. The van der Waals surface area contributed by atoms with E-state index in [4.69, 9.17) is 11.6 Å². The second kappa shape index (κ2) is 5.69. The van der Waals surface area contributed by atoms with E-state index in [0.717, 1.165) is 11.1 Å². The fourth-order valence-corrected chi connectivity index (χ4v) is 2.02. The van der Waals surface area contributed by atoms with Gasteiger partial charge in [-0.05, 0) is 29.7 Å². The van der Waals surface area contributed by atoms with Crippen LogP contribution in [0.2, 0.25) is 5.02 Å². The Bertz CT molecular complexity index is 520. The summed E-state index contributed by atoms with van der Waals surface area (Å²) in [4.78, 5) is 11.4. The molecule has 0 saturated heterocycles. The number of benzene rings is 2. The summed E-state index contributed by atoms with van der Waals surface area (Å²) in [6.45, 7) is 0. The molecule has 0 amide bonds. The molecule has 0 aliphatic rings. The highest BCUT2D eigenvalue weighted by Gasteiger charge is 2.19. The van der Waals surface area contributed by atoms with E-state index < -0.39 is 11.9 Å². The van der Waals surface area contributed by atoms with Crippen molar-refractivity contribution in [3.8, 4) is 0 Å². The van der Waals surface area contributed by atoms with Gasteiger partial charge < -0.3 is 5.11 Å². The highest BCUT2D eigenvalue weighted by molar-refractivity contribution is 6.30. The average Bonchev–Trinajstić information content (AvgIpc) is 2.38. The van der Waals surface area contributed by atoms with E-state index in [9.17, 15) is 9.90 Å². The van der Waals surface area contributed by atoms with Gasteiger partial charge in [0.1, 0.15) is 0 Å². The van der Waals surface area contributed by atoms with Crippen LogP contribution in [-0.2, 0) is 11.2 Å². The lowest BCUT2D eigenvalue weighted by Crippen LogP contribution is -2.14. The minimum atomic E-state index is -0.818. The number of carbonyl (C=O) groups is 1. The van der Waals surface area contributed by atoms with E-state index >= 15 is 0 Å². The van der Waals surface area contributed by atoms with E-state index in [-0.39, 0.29) is 0 Å². The summed E-state index contributed by atoms with van der Waals surface area (Å²) in [5.74, 6) is -1.36. The zero-order valence-electron chi connectivity index (χ0n) is 9.71. The van der Waals surface area contributed by atoms with Crippen LogP contribution in [-0.4, -0.2) is 11.1 Å². The zero-order valence-corrected chi connectivity index (χ0v) is 10.5. The number of carboxylic acid groups (broad SMARTS) is 1. The number of aliphatic carboxylic acids is 1. The molecule has 3 heteroatoms. The van der Waals surface area contributed by atoms with Crippen LogP contribution in [0.4, 0.5) is 0 Å². The van der Waals surface area contributed by atoms with Crippen molar-refractivity contribution in [3.05, 3.63) is 70.7 Å². The van der Waals surface area contributed by atoms with Gasteiger partial charge in [0.15, 0.2) is 0 Å². The maximum absolute atomic E-state index is 11.4. The molecule has 2 nitrogen and oxygen atoms in total. The van der Waals surface area contributed by atoms with E-state index in [2.05, 4.69) is 0 Å². The first-order chi connectivity index (χ1) is 8.66. The van der Waals surface area contributed by atoms with Crippen LogP contribution in [0.1, 0.15) is 17.0 Å². The SMILES string of the molecule is O=C(O)[C@H](Cc1ccccc1)c1ccc(Cl)cc1. The van der Waals surface area contributed by atoms with Gasteiger partial charge in [0.05, 0.1) is 5.92 Å². The molecule has 2 aromatic rings. The van der Waals surface area contributed by atoms with Gasteiger partial charge in [-0.15, -0.1) is 0 Å². The average molecular weight is 261 g/mol. The minimum Gasteiger partial charge on any atom is -0.481 e. The highest BCUT2D eigenvalue weighted by atomic mass is 35.5. The number of carboxylic acids is 1. The summed E-state index contributed by atoms with van der Waals surface area (Å²) in [5, 5.41) is 9.94. The van der Waals surface area contributed by atoms with E-state index in [1.807, 2.05) is 30.3 Å². The van der Waals surface area contributed by atoms with Crippen LogP contribution in [0.25, 0.3) is 0 Å². The number of halogens is 1. The monoisotopic (exact) mass is 260 g/mol. The Morgan fingerprint density at radius 3 is 2.22 bits per heavy atom. The normalized spacial score (nSPS) is 12.1. The molecule has 18 heavy (non-hydrogen) atoms. The Morgan fingerprint density at radius 1 is 1.06 bits per heavy atom. The molecule has 0 aliphatic carbocycles. The molecule has 1 atom stereocenters. The number of hydrogen-bond acceptors (Lipinski definition) is 1. The van der Waals surface area contributed by atoms with Crippen molar-refractivity contribution in [1.29, 1.82) is 0 Å². The molecule has 0 fully saturated rings. The summed E-state index contributed by atoms with van der Waals surface area (Å²) in [7, 11) is 0. The summed E-state index contributed by atoms with van der Waals surface area (Å²) in [5.41, 5.74) is 1.79. The third-order valence-corrected chi connectivity index (χ3v) is 3.11. The smallest absolute Gasteiger partial charge is 0.311 e. The van der Waals surface area contributed by atoms with Crippen LogP contribution < -0.4 is 0 Å². The van der Waals surface area contributed by atoms with Crippen molar-refractivity contribution in [1.82, 2.24) is 0 Å². The zero-order chi connectivity index (χ0) is 13.0. The second-order valence-electron chi connectivity index (χ2n) is 4.13. The lowest BCUT2D eigenvalue weighted by atomic mass is 9.92. The maximum atomic E-state index is 11.4. The number of rotatable bonds is 4. The third kappa shape index (κ3) is 3.11. The van der Waals surface area contributed by atoms with Gasteiger partial charge in [0.25, 0.3) is 0 Å². The molecule has 2 aromatic carbocycles. The van der Waals surface area contributed by atoms with Crippen molar-refractivity contribution < 1.29 is 9.90 Å². The summed E-state index contributed by atoms with van der Waals surface area (Å²) < 4.78 is 0. The van der Waals surface area contributed by atoms with Gasteiger partial charge in [-0.3, -0.25) is 4.79 Å². The Labute approximate surface area is 111 Å². The molecule has 1 N–H and O–H groups in total. The minimum absolute atomic E-state index is 0.484. The van der Waals surface area contributed by atoms with Crippen LogP contribution in [0.3, 0.4) is 0 Å². The Balaban J connectivity index is 2.24. The predicted molar refractivity (Wildman–Crippen MR) is 72.0 cm³/mol. The van der Waals surface area contributed by atoms with Crippen LogP contribution >= 0.6 is 11.6 Å². The first-order valence-electron chi connectivity index (χ1n) is 5.69. The highest BCUT2D eigenvalue weighted by Crippen LogP contribution is 2.23. The van der Waals surface area contributed by atoms with Crippen LogP contribution in [0.5, 0.6) is 0 Å². The molecule has 0 aliphatic heterocycles. The van der Waals surface area contributed by atoms with Gasteiger partial charge in [0, 0.05) is 5.02 Å². The second-order valence-corrected chi connectivity index (χ2v) is 4.57. The first-order valence-corrected chi connectivity index (χ1v) is 6.07. The van der Waals surface area contributed by atoms with E-state index in [1.165, 1.54) is 0 Å². The van der Waals surface area contributed by atoms with Crippen molar-refractivity contribution in [3.63, 3.8) is 0 Å². The molecule has 0 bridgehead atoms. The van der Waals surface area contributed by atoms with Crippen molar-refractivity contribution in [2.45, 2.75) is 12.3 Å². The fourth-order valence-electron chi connectivity index (χ4n) is 1.89. The van der Waals surface area contributed by atoms with E-state index in [0.29, 0.717) is 11.4 Å². The molecule has 0 heterocycles. The molecular formula is C15H13ClO2. The Kier molecular flexibility index (Phi) is 4.00. The summed E-state index contributed by atoms with van der Waals surface area (Å²) >= 11 is 5.81. The van der Waals surface area contributed by atoms with Gasteiger partial charge in [-0.1, -0.05) is 54.1 Å². The molecule has 2 rings (SSSR count). The number of hydrogen-bond donors (Lipinski definition) is 1. The topological polar surface area (TPSA) is 37.3 Å². The molecular weight excluding hydrogens is 248 g/mol. The van der Waals surface area contributed by atoms with Gasteiger partial charge in [-0.25, -0.2) is 0 Å². The molecule has 92 valence electrons. The van der Waals surface area contributed by atoms with Crippen LogP contribution in [0, 0.1) is 0 Å². The molecule has 0 unspecified atom stereocenters.